The largest absolute Gasteiger partial charge is 0.328 e. The summed E-state index contributed by atoms with van der Waals surface area (Å²) in [6.07, 6.45) is 5.49. The predicted octanol–water partition coefficient (Wildman–Crippen LogP) is 1.18. The lowest BCUT2D eigenvalue weighted by molar-refractivity contribution is 0.305. The zero-order valence-electron chi connectivity index (χ0n) is 10.6. The lowest BCUT2D eigenvalue weighted by Crippen LogP contribution is -2.35. The maximum atomic E-state index is 12.1. The van der Waals surface area contributed by atoms with Crippen molar-refractivity contribution < 1.29 is 8.42 Å². The topological polar surface area (TPSA) is 63.4 Å². The molecule has 0 aromatic rings. The van der Waals surface area contributed by atoms with Gasteiger partial charge in [0.1, 0.15) is 0 Å². The van der Waals surface area contributed by atoms with Crippen molar-refractivity contribution in [2.45, 2.75) is 45.1 Å². The molecule has 1 aliphatic carbocycles. The van der Waals surface area contributed by atoms with E-state index in [9.17, 15) is 8.42 Å². The number of rotatable bonds is 5. The van der Waals surface area contributed by atoms with Crippen LogP contribution in [0.4, 0.5) is 0 Å². The molecule has 100 valence electrons. The first kappa shape index (κ1) is 13.3. The third-order valence-electron chi connectivity index (χ3n) is 4.33. The molecule has 17 heavy (non-hydrogen) atoms. The molecule has 0 aromatic heterocycles. The van der Waals surface area contributed by atoms with Gasteiger partial charge in [-0.05, 0) is 31.6 Å². The highest BCUT2D eigenvalue weighted by molar-refractivity contribution is 7.89. The van der Waals surface area contributed by atoms with Gasteiger partial charge in [0.05, 0.1) is 5.75 Å². The SMILES string of the molecule is CC(N)C1CCN(S(=O)(=O)CCC2CCC2)C1. The van der Waals surface area contributed by atoms with Gasteiger partial charge in [0.2, 0.25) is 10.0 Å². The summed E-state index contributed by atoms with van der Waals surface area (Å²) in [6.45, 7) is 3.26. The number of hydrogen-bond donors (Lipinski definition) is 1. The Kier molecular flexibility index (Phi) is 4.10. The number of hydrogen-bond acceptors (Lipinski definition) is 3. The van der Waals surface area contributed by atoms with E-state index in [1.807, 2.05) is 6.92 Å². The Hall–Kier alpha value is -0.130. The van der Waals surface area contributed by atoms with Gasteiger partial charge in [0.25, 0.3) is 0 Å². The molecule has 2 N–H and O–H groups in total. The molecule has 0 bridgehead atoms. The number of nitrogens with zero attached hydrogens (tertiary/aromatic N) is 1. The Balaban J connectivity index is 1.83. The zero-order chi connectivity index (χ0) is 12.5. The van der Waals surface area contributed by atoms with Gasteiger partial charge >= 0.3 is 0 Å². The molecule has 1 saturated heterocycles. The van der Waals surface area contributed by atoms with Crippen LogP contribution < -0.4 is 5.73 Å². The van der Waals surface area contributed by atoms with Crippen molar-refractivity contribution in [3.63, 3.8) is 0 Å². The second-order valence-corrected chi connectivity index (χ2v) is 7.76. The second-order valence-electron chi connectivity index (χ2n) is 5.67. The van der Waals surface area contributed by atoms with Crippen molar-refractivity contribution in [3.05, 3.63) is 0 Å². The molecule has 1 aliphatic heterocycles. The first-order valence-electron chi connectivity index (χ1n) is 6.72. The van der Waals surface area contributed by atoms with Gasteiger partial charge in [0.15, 0.2) is 0 Å². The van der Waals surface area contributed by atoms with Crippen LogP contribution in [-0.2, 0) is 10.0 Å². The van der Waals surface area contributed by atoms with Crippen LogP contribution in [0.2, 0.25) is 0 Å². The molecular formula is C12H24N2O2S. The van der Waals surface area contributed by atoms with Crippen LogP contribution in [0.1, 0.15) is 39.0 Å². The van der Waals surface area contributed by atoms with Crippen LogP contribution in [0.15, 0.2) is 0 Å². The average Bonchev–Trinajstić information content (AvgIpc) is 2.63. The van der Waals surface area contributed by atoms with E-state index in [4.69, 9.17) is 5.73 Å². The van der Waals surface area contributed by atoms with E-state index in [1.165, 1.54) is 19.3 Å². The number of nitrogens with two attached hydrogens (primary N) is 1. The van der Waals surface area contributed by atoms with E-state index in [2.05, 4.69) is 0 Å². The van der Waals surface area contributed by atoms with E-state index < -0.39 is 10.0 Å². The molecule has 0 amide bonds. The van der Waals surface area contributed by atoms with Gasteiger partial charge in [-0.3, -0.25) is 0 Å². The van der Waals surface area contributed by atoms with Crippen molar-refractivity contribution in [1.82, 2.24) is 4.31 Å². The van der Waals surface area contributed by atoms with Crippen LogP contribution in [0, 0.1) is 11.8 Å². The van der Waals surface area contributed by atoms with E-state index >= 15 is 0 Å². The quantitative estimate of drug-likeness (QED) is 0.807. The summed E-state index contributed by atoms with van der Waals surface area (Å²) in [4.78, 5) is 0. The molecule has 0 aromatic carbocycles. The van der Waals surface area contributed by atoms with E-state index in [0.29, 0.717) is 30.7 Å². The van der Waals surface area contributed by atoms with Crippen LogP contribution in [0.25, 0.3) is 0 Å². The van der Waals surface area contributed by atoms with Crippen molar-refractivity contribution in [1.29, 1.82) is 0 Å². The molecule has 1 heterocycles. The minimum Gasteiger partial charge on any atom is -0.328 e. The molecule has 2 atom stereocenters. The summed E-state index contributed by atoms with van der Waals surface area (Å²) in [7, 11) is -3.02. The molecule has 4 nitrogen and oxygen atoms in total. The molecule has 5 heteroatoms. The van der Waals surface area contributed by atoms with E-state index in [-0.39, 0.29) is 6.04 Å². The highest BCUT2D eigenvalue weighted by Gasteiger charge is 2.33. The number of sulfonamides is 1. The Morgan fingerprint density at radius 3 is 2.53 bits per heavy atom. The predicted molar refractivity (Wildman–Crippen MR) is 69.1 cm³/mol. The third kappa shape index (κ3) is 3.20. The van der Waals surface area contributed by atoms with Gasteiger partial charge in [-0.2, -0.15) is 0 Å². The Labute approximate surface area is 105 Å². The van der Waals surface area contributed by atoms with Crippen LogP contribution in [-0.4, -0.2) is 37.6 Å². The van der Waals surface area contributed by atoms with Gasteiger partial charge in [0, 0.05) is 19.1 Å². The third-order valence-corrected chi connectivity index (χ3v) is 6.20. The fourth-order valence-electron chi connectivity index (χ4n) is 2.66. The summed E-state index contributed by atoms with van der Waals surface area (Å²) in [5.41, 5.74) is 5.83. The molecule has 0 spiro atoms. The van der Waals surface area contributed by atoms with Crippen LogP contribution in [0.3, 0.4) is 0 Å². The molecule has 1 saturated carbocycles. The van der Waals surface area contributed by atoms with Crippen molar-refractivity contribution in [3.8, 4) is 0 Å². The van der Waals surface area contributed by atoms with Crippen molar-refractivity contribution in [2.24, 2.45) is 17.6 Å². The summed E-state index contributed by atoms with van der Waals surface area (Å²) >= 11 is 0. The smallest absolute Gasteiger partial charge is 0.214 e. The first-order chi connectivity index (χ1) is 7.99. The molecule has 0 radical (unpaired) electrons. The highest BCUT2D eigenvalue weighted by atomic mass is 32.2. The van der Waals surface area contributed by atoms with Crippen molar-refractivity contribution in [2.75, 3.05) is 18.8 Å². The van der Waals surface area contributed by atoms with Crippen LogP contribution >= 0.6 is 0 Å². The van der Waals surface area contributed by atoms with Gasteiger partial charge in [-0.25, -0.2) is 12.7 Å². The monoisotopic (exact) mass is 260 g/mol. The lowest BCUT2D eigenvalue weighted by Gasteiger charge is -2.26. The standard InChI is InChI=1S/C12H24N2O2S/c1-10(13)12-5-7-14(9-12)17(15,16)8-6-11-3-2-4-11/h10-12H,2-9,13H2,1H3. The maximum absolute atomic E-state index is 12.1. The van der Waals surface area contributed by atoms with Gasteiger partial charge in [-0.15, -0.1) is 0 Å². The minimum absolute atomic E-state index is 0.0989. The Bertz CT molecular complexity index is 350. The minimum atomic E-state index is -3.02. The Morgan fingerprint density at radius 2 is 2.06 bits per heavy atom. The highest BCUT2D eigenvalue weighted by Crippen LogP contribution is 2.30. The van der Waals surface area contributed by atoms with Gasteiger partial charge < -0.3 is 5.73 Å². The van der Waals surface area contributed by atoms with Crippen molar-refractivity contribution >= 4 is 10.0 Å². The summed E-state index contributed by atoms with van der Waals surface area (Å²) in [6, 6.07) is 0.0989. The van der Waals surface area contributed by atoms with Gasteiger partial charge in [-0.1, -0.05) is 19.3 Å². The fraction of sp³-hybridized carbons (Fsp3) is 1.00. The normalized spacial score (nSPS) is 29.2. The zero-order valence-corrected chi connectivity index (χ0v) is 11.5. The molecule has 2 aliphatic rings. The first-order valence-corrected chi connectivity index (χ1v) is 8.33. The summed E-state index contributed by atoms with van der Waals surface area (Å²) in [5.74, 6) is 1.34. The fourth-order valence-corrected chi connectivity index (χ4v) is 4.35. The molecule has 2 fully saturated rings. The summed E-state index contributed by atoms with van der Waals surface area (Å²) in [5, 5.41) is 0. The lowest BCUT2D eigenvalue weighted by atomic mass is 9.84. The Morgan fingerprint density at radius 1 is 1.35 bits per heavy atom. The molecule has 2 rings (SSSR count). The summed E-state index contributed by atoms with van der Waals surface area (Å²) < 4.78 is 25.9. The average molecular weight is 260 g/mol. The molecular weight excluding hydrogens is 236 g/mol. The maximum Gasteiger partial charge on any atom is 0.214 e. The second kappa shape index (κ2) is 5.24. The van der Waals surface area contributed by atoms with Crippen LogP contribution in [0.5, 0.6) is 0 Å². The van der Waals surface area contributed by atoms with E-state index in [1.54, 1.807) is 4.31 Å². The molecule has 2 unspecified atom stereocenters. The van der Waals surface area contributed by atoms with E-state index in [0.717, 1.165) is 12.8 Å².